The van der Waals surface area contributed by atoms with Crippen LogP contribution in [-0.4, -0.2) is 18.5 Å². The molecule has 3 nitrogen and oxygen atoms in total. The van der Waals surface area contributed by atoms with Gasteiger partial charge in [0.1, 0.15) is 0 Å². The lowest BCUT2D eigenvalue weighted by Crippen LogP contribution is -2.41. The summed E-state index contributed by atoms with van der Waals surface area (Å²) < 4.78 is 0. The van der Waals surface area contributed by atoms with E-state index in [1.54, 1.807) is 0 Å². The van der Waals surface area contributed by atoms with Gasteiger partial charge in [-0.3, -0.25) is 4.79 Å². The molecule has 0 aromatic heterocycles. The first-order valence-corrected chi connectivity index (χ1v) is 6.08. The van der Waals surface area contributed by atoms with Crippen LogP contribution in [-0.2, 0) is 4.79 Å². The second-order valence-electron chi connectivity index (χ2n) is 6.43. The fourth-order valence-electron chi connectivity index (χ4n) is 1.03. The molecule has 1 amide bonds. The van der Waals surface area contributed by atoms with Gasteiger partial charge in [0, 0.05) is 19.0 Å². The predicted molar refractivity (Wildman–Crippen MR) is 69.1 cm³/mol. The van der Waals surface area contributed by atoms with Crippen LogP contribution in [0.3, 0.4) is 0 Å². The van der Waals surface area contributed by atoms with E-state index in [1.807, 2.05) is 6.92 Å². The summed E-state index contributed by atoms with van der Waals surface area (Å²) in [6.45, 7) is 13.6. The van der Waals surface area contributed by atoms with E-state index in [-0.39, 0.29) is 22.8 Å². The number of nitrogens with one attached hydrogen (secondary N) is 1. The van der Waals surface area contributed by atoms with Crippen LogP contribution in [0, 0.1) is 10.8 Å². The second-order valence-corrected chi connectivity index (χ2v) is 6.43. The summed E-state index contributed by atoms with van der Waals surface area (Å²) in [4.78, 5) is 11.6. The lowest BCUT2D eigenvalue weighted by Gasteiger charge is -2.39. The minimum Gasteiger partial charge on any atom is -0.356 e. The summed E-state index contributed by atoms with van der Waals surface area (Å²) in [5.74, 6) is 0.106. The van der Waals surface area contributed by atoms with Crippen LogP contribution in [0.15, 0.2) is 0 Å². The molecule has 0 saturated heterocycles. The summed E-state index contributed by atoms with van der Waals surface area (Å²) >= 11 is 0. The highest BCUT2D eigenvalue weighted by atomic mass is 16.1. The smallest absolute Gasteiger partial charge is 0.220 e. The molecule has 16 heavy (non-hydrogen) atoms. The van der Waals surface area contributed by atoms with Crippen LogP contribution in [0.2, 0.25) is 0 Å². The van der Waals surface area contributed by atoms with Crippen molar-refractivity contribution in [2.75, 3.05) is 6.54 Å². The molecule has 3 heteroatoms. The third kappa shape index (κ3) is 5.50. The van der Waals surface area contributed by atoms with Crippen molar-refractivity contribution >= 4 is 5.91 Å². The molecule has 0 bridgehead atoms. The summed E-state index contributed by atoms with van der Waals surface area (Å²) in [5, 5.41) is 2.99. The van der Waals surface area contributed by atoms with E-state index in [9.17, 15) is 4.79 Å². The Bertz CT molecular complexity index is 227. The quantitative estimate of drug-likeness (QED) is 0.758. The van der Waals surface area contributed by atoms with E-state index in [1.165, 1.54) is 0 Å². The van der Waals surface area contributed by atoms with Crippen molar-refractivity contribution in [3.8, 4) is 0 Å². The lowest BCUT2D eigenvalue weighted by atomic mass is 9.69. The maximum Gasteiger partial charge on any atom is 0.220 e. The molecule has 0 radical (unpaired) electrons. The van der Waals surface area contributed by atoms with Gasteiger partial charge in [-0.05, 0) is 24.2 Å². The molecular formula is C13H28N2O. The van der Waals surface area contributed by atoms with Gasteiger partial charge in [-0.2, -0.15) is 0 Å². The van der Waals surface area contributed by atoms with Crippen molar-refractivity contribution in [1.29, 1.82) is 0 Å². The minimum absolute atomic E-state index is 0.0942. The Labute approximate surface area is 100 Å². The normalized spacial score (nSPS) is 14.7. The maximum atomic E-state index is 11.6. The molecule has 1 atom stereocenters. The largest absolute Gasteiger partial charge is 0.356 e. The first kappa shape index (κ1) is 15.4. The molecule has 96 valence electrons. The summed E-state index contributed by atoms with van der Waals surface area (Å²) in [5.41, 5.74) is 5.89. The fourth-order valence-corrected chi connectivity index (χ4v) is 1.03. The van der Waals surface area contributed by atoms with E-state index >= 15 is 0 Å². The van der Waals surface area contributed by atoms with Crippen LogP contribution < -0.4 is 11.1 Å². The van der Waals surface area contributed by atoms with E-state index < -0.39 is 0 Å². The molecule has 1 unspecified atom stereocenters. The highest BCUT2D eigenvalue weighted by molar-refractivity contribution is 5.75. The summed E-state index contributed by atoms with van der Waals surface area (Å²) in [6.07, 6.45) is 1.28. The Hall–Kier alpha value is -0.570. The third-order valence-electron chi connectivity index (χ3n) is 3.58. The fraction of sp³-hybridized carbons (Fsp3) is 0.923. The van der Waals surface area contributed by atoms with Crippen molar-refractivity contribution in [2.24, 2.45) is 16.6 Å². The van der Waals surface area contributed by atoms with Crippen LogP contribution in [0.5, 0.6) is 0 Å². The Morgan fingerprint density at radius 1 is 1.25 bits per heavy atom. The zero-order chi connectivity index (χ0) is 13.0. The van der Waals surface area contributed by atoms with Crippen molar-refractivity contribution in [2.45, 2.75) is 60.4 Å². The molecule has 0 aliphatic carbocycles. The van der Waals surface area contributed by atoms with Crippen molar-refractivity contribution < 1.29 is 4.79 Å². The van der Waals surface area contributed by atoms with E-state index in [2.05, 4.69) is 39.9 Å². The Balaban J connectivity index is 4.01. The van der Waals surface area contributed by atoms with E-state index in [4.69, 9.17) is 5.73 Å². The molecular weight excluding hydrogens is 200 g/mol. The molecule has 3 N–H and O–H groups in total. The molecule has 0 aromatic rings. The molecule has 0 spiro atoms. The number of nitrogens with two attached hydrogens (primary N) is 1. The standard InChI is InChI=1S/C13H28N2O/c1-10(14)7-8-11(16)15-9-13(5,6)12(2,3)4/h10H,7-9,14H2,1-6H3,(H,15,16). The summed E-state index contributed by atoms with van der Waals surface area (Å²) in [7, 11) is 0. The van der Waals surface area contributed by atoms with E-state index in [0.29, 0.717) is 13.0 Å². The number of hydrogen-bond donors (Lipinski definition) is 2. The van der Waals surface area contributed by atoms with Crippen LogP contribution >= 0.6 is 0 Å². The predicted octanol–water partition coefficient (Wildman–Crippen LogP) is 2.30. The van der Waals surface area contributed by atoms with Crippen LogP contribution in [0.4, 0.5) is 0 Å². The monoisotopic (exact) mass is 228 g/mol. The van der Waals surface area contributed by atoms with Crippen LogP contribution in [0.25, 0.3) is 0 Å². The minimum atomic E-state index is 0.0942. The van der Waals surface area contributed by atoms with Crippen LogP contribution in [0.1, 0.15) is 54.4 Å². The molecule has 0 aliphatic heterocycles. The average Bonchev–Trinajstić information content (AvgIpc) is 2.09. The van der Waals surface area contributed by atoms with Gasteiger partial charge in [-0.1, -0.05) is 34.6 Å². The number of rotatable bonds is 5. The number of carbonyl (C=O) groups excluding carboxylic acids is 1. The highest BCUT2D eigenvalue weighted by Gasteiger charge is 2.32. The van der Waals surface area contributed by atoms with Gasteiger partial charge in [-0.25, -0.2) is 0 Å². The zero-order valence-electron chi connectivity index (χ0n) is 11.7. The van der Waals surface area contributed by atoms with Gasteiger partial charge in [-0.15, -0.1) is 0 Å². The molecule has 0 aliphatic rings. The van der Waals surface area contributed by atoms with Gasteiger partial charge >= 0.3 is 0 Å². The molecule has 0 rings (SSSR count). The molecule has 0 heterocycles. The van der Waals surface area contributed by atoms with Crippen molar-refractivity contribution in [3.63, 3.8) is 0 Å². The van der Waals surface area contributed by atoms with Gasteiger partial charge in [0.15, 0.2) is 0 Å². The number of hydrogen-bond acceptors (Lipinski definition) is 2. The Morgan fingerprint density at radius 3 is 2.12 bits per heavy atom. The molecule has 0 saturated carbocycles. The maximum absolute atomic E-state index is 11.6. The Morgan fingerprint density at radius 2 is 1.75 bits per heavy atom. The van der Waals surface area contributed by atoms with E-state index in [0.717, 1.165) is 6.42 Å². The average molecular weight is 228 g/mol. The van der Waals surface area contributed by atoms with Gasteiger partial charge in [0.2, 0.25) is 5.91 Å². The third-order valence-corrected chi connectivity index (χ3v) is 3.58. The highest BCUT2D eigenvalue weighted by Crippen LogP contribution is 2.36. The first-order chi connectivity index (χ1) is 7.06. The SMILES string of the molecule is CC(N)CCC(=O)NCC(C)(C)C(C)(C)C. The second kappa shape index (κ2) is 5.67. The topological polar surface area (TPSA) is 55.1 Å². The number of amides is 1. The zero-order valence-corrected chi connectivity index (χ0v) is 11.7. The molecule has 0 aromatic carbocycles. The van der Waals surface area contributed by atoms with Gasteiger partial charge in [0.25, 0.3) is 0 Å². The van der Waals surface area contributed by atoms with Gasteiger partial charge in [0.05, 0.1) is 0 Å². The first-order valence-electron chi connectivity index (χ1n) is 6.08. The van der Waals surface area contributed by atoms with Crippen molar-refractivity contribution in [3.05, 3.63) is 0 Å². The summed E-state index contributed by atoms with van der Waals surface area (Å²) in [6, 6.07) is 0.0985. The lowest BCUT2D eigenvalue weighted by molar-refractivity contribution is -0.122. The Kier molecular flexibility index (Phi) is 5.47. The van der Waals surface area contributed by atoms with Crippen molar-refractivity contribution in [1.82, 2.24) is 5.32 Å². The van der Waals surface area contributed by atoms with Gasteiger partial charge < -0.3 is 11.1 Å². The molecule has 0 fully saturated rings. The number of carbonyl (C=O) groups is 1.